The number of nitrogens with one attached hydrogen (secondary N) is 1. The van der Waals surface area contributed by atoms with Crippen molar-refractivity contribution in [2.24, 2.45) is 4.99 Å². The van der Waals surface area contributed by atoms with Crippen LogP contribution >= 0.6 is 11.8 Å². The van der Waals surface area contributed by atoms with Crippen LogP contribution < -0.4 is 5.32 Å². The van der Waals surface area contributed by atoms with E-state index in [4.69, 9.17) is 0 Å². The summed E-state index contributed by atoms with van der Waals surface area (Å²) in [5, 5.41) is 13.8. The van der Waals surface area contributed by atoms with Crippen LogP contribution in [0.4, 0.5) is 0 Å². The molecule has 1 saturated carbocycles. The monoisotopic (exact) mass is 285 g/mol. The Morgan fingerprint density at radius 1 is 1.37 bits per heavy atom. The maximum atomic E-state index is 10.4. The van der Waals surface area contributed by atoms with Gasteiger partial charge in [-0.2, -0.15) is 11.8 Å². The molecule has 1 aliphatic carbocycles. The third-order valence-corrected chi connectivity index (χ3v) is 5.34. The van der Waals surface area contributed by atoms with Gasteiger partial charge in [0.25, 0.3) is 0 Å². The summed E-state index contributed by atoms with van der Waals surface area (Å²) in [5.41, 5.74) is -0.518. The lowest BCUT2D eigenvalue weighted by Gasteiger charge is -2.39. The highest BCUT2D eigenvalue weighted by Crippen LogP contribution is 2.30. The minimum Gasteiger partial charge on any atom is -0.388 e. The first-order valence-electron chi connectivity index (χ1n) is 7.26. The van der Waals surface area contributed by atoms with Crippen molar-refractivity contribution in [1.29, 1.82) is 0 Å². The van der Waals surface area contributed by atoms with E-state index in [0.717, 1.165) is 50.5 Å². The first-order chi connectivity index (χ1) is 8.94. The Hall–Kier alpha value is -0.420. The van der Waals surface area contributed by atoms with Crippen molar-refractivity contribution in [3.63, 3.8) is 0 Å². The Balaban J connectivity index is 1.89. The number of hydrogen-bond donors (Lipinski definition) is 2. The van der Waals surface area contributed by atoms with Crippen LogP contribution in [-0.2, 0) is 0 Å². The Morgan fingerprint density at radius 2 is 2.05 bits per heavy atom. The van der Waals surface area contributed by atoms with Gasteiger partial charge < -0.3 is 15.3 Å². The van der Waals surface area contributed by atoms with Crippen LogP contribution in [0.3, 0.4) is 0 Å². The fourth-order valence-electron chi connectivity index (χ4n) is 2.98. The molecule has 0 aromatic carbocycles. The second kappa shape index (κ2) is 5.92. The summed E-state index contributed by atoms with van der Waals surface area (Å²) in [6.07, 6.45) is 4.12. The Morgan fingerprint density at radius 3 is 2.63 bits per heavy atom. The molecule has 5 heteroatoms. The topological polar surface area (TPSA) is 47.9 Å². The molecule has 1 heterocycles. The normalized spacial score (nSPS) is 26.5. The number of hydrogen-bond acceptors (Lipinski definition) is 3. The maximum absolute atomic E-state index is 10.4. The van der Waals surface area contributed by atoms with Crippen LogP contribution in [0.15, 0.2) is 4.99 Å². The number of rotatable bonds is 2. The molecule has 1 saturated heterocycles. The molecule has 19 heavy (non-hydrogen) atoms. The van der Waals surface area contributed by atoms with Crippen molar-refractivity contribution in [2.45, 2.75) is 49.9 Å². The van der Waals surface area contributed by atoms with Crippen LogP contribution in [0, 0.1) is 0 Å². The van der Waals surface area contributed by atoms with Crippen molar-refractivity contribution in [1.82, 2.24) is 10.2 Å². The van der Waals surface area contributed by atoms with E-state index < -0.39 is 5.60 Å². The Labute approximate surface area is 121 Å². The average Bonchev–Trinajstić information content (AvgIpc) is 2.76. The van der Waals surface area contributed by atoms with Crippen molar-refractivity contribution in [3.8, 4) is 0 Å². The Kier molecular flexibility index (Phi) is 4.66. The lowest BCUT2D eigenvalue weighted by atomic mass is 10.0. The number of nitrogens with zero attached hydrogens (tertiary/aromatic N) is 2. The first kappa shape index (κ1) is 15.0. The van der Waals surface area contributed by atoms with Crippen LogP contribution in [0.1, 0.15) is 39.5 Å². The summed E-state index contributed by atoms with van der Waals surface area (Å²) in [6.45, 7) is 7.23. The standard InChI is InChI=1S/C14H27N3OS/c1-13(2)11-17(8-9-19-13)12(15-3)16-10-14(18)6-4-5-7-14/h18H,4-11H2,1-3H3,(H,15,16). The smallest absolute Gasteiger partial charge is 0.193 e. The van der Waals surface area contributed by atoms with E-state index in [0.29, 0.717) is 6.54 Å². The number of aliphatic imine (C=N–C) groups is 1. The van der Waals surface area contributed by atoms with Gasteiger partial charge in [-0.3, -0.25) is 4.99 Å². The SMILES string of the molecule is CN=C(NCC1(O)CCCC1)N1CCSC(C)(C)C1. The van der Waals surface area contributed by atoms with Gasteiger partial charge >= 0.3 is 0 Å². The summed E-state index contributed by atoms with van der Waals surface area (Å²) >= 11 is 2.02. The zero-order valence-corrected chi connectivity index (χ0v) is 13.2. The van der Waals surface area contributed by atoms with E-state index in [2.05, 4.69) is 29.1 Å². The van der Waals surface area contributed by atoms with Crippen LogP contribution in [0.2, 0.25) is 0 Å². The average molecular weight is 285 g/mol. The molecule has 2 aliphatic rings. The second-order valence-electron chi connectivity index (χ2n) is 6.36. The van der Waals surface area contributed by atoms with Gasteiger partial charge in [-0.25, -0.2) is 0 Å². The lowest BCUT2D eigenvalue weighted by Crippen LogP contribution is -2.53. The summed E-state index contributed by atoms with van der Waals surface area (Å²) in [7, 11) is 1.83. The van der Waals surface area contributed by atoms with Gasteiger partial charge in [0.05, 0.1) is 5.60 Å². The van der Waals surface area contributed by atoms with E-state index in [1.165, 1.54) is 0 Å². The van der Waals surface area contributed by atoms with E-state index in [1.54, 1.807) is 0 Å². The van der Waals surface area contributed by atoms with Gasteiger partial charge in [0.2, 0.25) is 0 Å². The molecule has 0 aromatic rings. The number of thioether (sulfide) groups is 1. The second-order valence-corrected chi connectivity index (χ2v) is 8.16. The van der Waals surface area contributed by atoms with Crippen molar-refractivity contribution < 1.29 is 5.11 Å². The van der Waals surface area contributed by atoms with E-state index in [9.17, 15) is 5.11 Å². The predicted molar refractivity (Wildman–Crippen MR) is 82.9 cm³/mol. The van der Waals surface area contributed by atoms with Crippen molar-refractivity contribution in [2.75, 3.05) is 32.4 Å². The van der Waals surface area contributed by atoms with Gasteiger partial charge in [-0.1, -0.05) is 12.8 Å². The summed E-state index contributed by atoms with van der Waals surface area (Å²) in [5.74, 6) is 2.08. The molecular weight excluding hydrogens is 258 g/mol. The van der Waals surface area contributed by atoms with Gasteiger partial charge in [0.1, 0.15) is 0 Å². The molecule has 0 aromatic heterocycles. The molecule has 110 valence electrons. The van der Waals surface area contributed by atoms with Gasteiger partial charge in [-0.05, 0) is 26.7 Å². The molecule has 1 aliphatic heterocycles. The quantitative estimate of drug-likeness (QED) is 0.599. The fraction of sp³-hybridized carbons (Fsp3) is 0.929. The molecule has 0 radical (unpaired) electrons. The summed E-state index contributed by atoms with van der Waals surface area (Å²) in [4.78, 5) is 6.69. The zero-order chi connectivity index (χ0) is 13.9. The van der Waals surface area contributed by atoms with E-state index >= 15 is 0 Å². The van der Waals surface area contributed by atoms with Gasteiger partial charge in [-0.15, -0.1) is 0 Å². The number of guanidine groups is 1. The minimum atomic E-state index is -0.518. The van der Waals surface area contributed by atoms with Gasteiger partial charge in [0.15, 0.2) is 5.96 Å². The minimum absolute atomic E-state index is 0.278. The highest BCUT2D eigenvalue weighted by Gasteiger charge is 2.33. The summed E-state index contributed by atoms with van der Waals surface area (Å²) in [6, 6.07) is 0. The molecule has 0 spiro atoms. The fourth-order valence-corrected chi connectivity index (χ4v) is 4.09. The van der Waals surface area contributed by atoms with Crippen molar-refractivity contribution in [3.05, 3.63) is 0 Å². The van der Waals surface area contributed by atoms with Crippen LogP contribution in [0.5, 0.6) is 0 Å². The molecular formula is C14H27N3OS. The molecule has 0 bridgehead atoms. The van der Waals surface area contributed by atoms with Gasteiger partial charge in [0, 0.05) is 37.2 Å². The predicted octanol–water partition coefficient (Wildman–Crippen LogP) is 1.69. The Bertz CT molecular complexity index is 338. The largest absolute Gasteiger partial charge is 0.388 e. The molecule has 2 fully saturated rings. The van der Waals surface area contributed by atoms with Crippen LogP contribution in [0.25, 0.3) is 0 Å². The highest BCUT2D eigenvalue weighted by molar-refractivity contribution is 8.00. The van der Waals surface area contributed by atoms with E-state index in [1.807, 2.05) is 18.8 Å². The van der Waals surface area contributed by atoms with Crippen LogP contribution in [-0.4, -0.2) is 58.7 Å². The van der Waals surface area contributed by atoms with Crippen molar-refractivity contribution >= 4 is 17.7 Å². The zero-order valence-electron chi connectivity index (χ0n) is 12.4. The number of aliphatic hydroxyl groups is 1. The summed E-state index contributed by atoms with van der Waals surface area (Å²) < 4.78 is 0.278. The highest BCUT2D eigenvalue weighted by atomic mass is 32.2. The lowest BCUT2D eigenvalue weighted by molar-refractivity contribution is 0.0515. The molecule has 0 amide bonds. The third kappa shape index (κ3) is 4.02. The first-order valence-corrected chi connectivity index (χ1v) is 8.25. The molecule has 0 atom stereocenters. The molecule has 4 nitrogen and oxygen atoms in total. The third-order valence-electron chi connectivity index (χ3n) is 4.05. The molecule has 2 N–H and O–H groups in total. The molecule has 0 unspecified atom stereocenters. The van der Waals surface area contributed by atoms with E-state index in [-0.39, 0.29) is 4.75 Å². The maximum Gasteiger partial charge on any atom is 0.193 e. The molecule has 2 rings (SSSR count).